The highest BCUT2D eigenvalue weighted by Crippen LogP contribution is 2.14. The molecule has 0 aliphatic heterocycles. The Morgan fingerprint density at radius 1 is 1.18 bits per heavy atom. The second-order valence-electron chi connectivity index (χ2n) is 4.92. The lowest BCUT2D eigenvalue weighted by Gasteiger charge is -2.22. The minimum absolute atomic E-state index is 0.192. The summed E-state index contributed by atoms with van der Waals surface area (Å²) in [6, 6.07) is 6.86. The number of hydrogen-bond donors (Lipinski definition) is 2. The average Bonchev–Trinajstić information content (AvgIpc) is 2.30. The summed E-state index contributed by atoms with van der Waals surface area (Å²) in [6.45, 7) is 8.04. The van der Waals surface area contributed by atoms with Crippen molar-refractivity contribution in [2.45, 2.75) is 26.8 Å². The van der Waals surface area contributed by atoms with Crippen LogP contribution in [0.4, 0.5) is 4.39 Å². The van der Waals surface area contributed by atoms with Gasteiger partial charge < -0.3 is 11.1 Å². The van der Waals surface area contributed by atoms with Gasteiger partial charge in [-0.1, -0.05) is 26.0 Å². The smallest absolute Gasteiger partial charge is 0.123 e. The maximum atomic E-state index is 12.8. The van der Waals surface area contributed by atoms with E-state index in [4.69, 9.17) is 5.73 Å². The molecule has 1 aromatic carbocycles. The van der Waals surface area contributed by atoms with Crippen LogP contribution in [0.3, 0.4) is 0 Å². The molecule has 0 aliphatic rings. The lowest BCUT2D eigenvalue weighted by Crippen LogP contribution is -2.33. The first kappa shape index (κ1) is 14.1. The molecule has 2 atom stereocenters. The summed E-state index contributed by atoms with van der Waals surface area (Å²) in [5.41, 5.74) is 6.83. The van der Waals surface area contributed by atoms with Crippen LogP contribution in [-0.2, 0) is 0 Å². The van der Waals surface area contributed by atoms with Gasteiger partial charge in [0.25, 0.3) is 0 Å². The van der Waals surface area contributed by atoms with Crippen LogP contribution in [-0.4, -0.2) is 13.1 Å². The molecular weight excluding hydrogens is 215 g/mol. The molecule has 0 heterocycles. The molecule has 0 saturated heterocycles. The number of nitrogens with two attached hydrogens (primary N) is 1. The van der Waals surface area contributed by atoms with Crippen molar-refractivity contribution < 1.29 is 4.39 Å². The minimum atomic E-state index is -0.192. The van der Waals surface area contributed by atoms with Crippen LogP contribution in [0.2, 0.25) is 0 Å². The third-order valence-electron chi connectivity index (χ3n) is 3.30. The summed E-state index contributed by atoms with van der Waals surface area (Å²) in [4.78, 5) is 0. The fraction of sp³-hybridized carbons (Fsp3) is 0.571. The molecule has 2 nitrogen and oxygen atoms in total. The average molecular weight is 238 g/mol. The van der Waals surface area contributed by atoms with Crippen LogP contribution in [0.1, 0.15) is 32.4 Å². The molecule has 0 amide bonds. The van der Waals surface area contributed by atoms with E-state index in [1.807, 2.05) is 12.1 Å². The van der Waals surface area contributed by atoms with Crippen LogP contribution in [0.25, 0.3) is 0 Å². The first-order chi connectivity index (χ1) is 8.04. The summed E-state index contributed by atoms with van der Waals surface area (Å²) >= 11 is 0. The van der Waals surface area contributed by atoms with Gasteiger partial charge in [-0.25, -0.2) is 4.39 Å². The number of rotatable bonds is 6. The second-order valence-corrected chi connectivity index (χ2v) is 4.92. The van der Waals surface area contributed by atoms with Gasteiger partial charge in [0.1, 0.15) is 5.82 Å². The number of hydrogen-bond acceptors (Lipinski definition) is 2. The van der Waals surface area contributed by atoms with E-state index in [2.05, 4.69) is 26.1 Å². The molecule has 0 saturated carbocycles. The van der Waals surface area contributed by atoms with E-state index < -0.39 is 0 Å². The van der Waals surface area contributed by atoms with E-state index >= 15 is 0 Å². The molecule has 0 fully saturated rings. The fourth-order valence-electron chi connectivity index (χ4n) is 1.79. The molecule has 0 aliphatic carbocycles. The Morgan fingerprint density at radius 2 is 1.76 bits per heavy atom. The molecule has 1 rings (SSSR count). The quantitative estimate of drug-likeness (QED) is 0.799. The number of benzene rings is 1. The highest BCUT2D eigenvalue weighted by atomic mass is 19.1. The van der Waals surface area contributed by atoms with Gasteiger partial charge in [0.05, 0.1) is 0 Å². The summed E-state index contributed by atoms with van der Waals surface area (Å²) < 4.78 is 12.8. The van der Waals surface area contributed by atoms with Gasteiger partial charge >= 0.3 is 0 Å². The van der Waals surface area contributed by atoms with Crippen molar-refractivity contribution in [3.63, 3.8) is 0 Å². The Balaban J connectivity index is 2.49. The Hall–Kier alpha value is -0.930. The summed E-state index contributed by atoms with van der Waals surface area (Å²) in [5.74, 6) is 0.869. The number of halogens is 1. The van der Waals surface area contributed by atoms with Crippen LogP contribution in [0.5, 0.6) is 0 Å². The van der Waals surface area contributed by atoms with Crippen LogP contribution in [0.15, 0.2) is 24.3 Å². The van der Waals surface area contributed by atoms with Gasteiger partial charge in [0, 0.05) is 6.04 Å². The van der Waals surface area contributed by atoms with E-state index in [1.54, 1.807) is 0 Å². The standard InChI is InChI=1S/C14H23FN2/c1-10(2)13(8-16)9-17-11(3)12-4-6-14(15)7-5-12/h4-7,10-11,13,17H,8-9,16H2,1-3H3/t11-,13?/m0/s1. The zero-order valence-corrected chi connectivity index (χ0v) is 10.9. The van der Waals surface area contributed by atoms with Crippen molar-refractivity contribution in [2.24, 2.45) is 17.6 Å². The van der Waals surface area contributed by atoms with Gasteiger partial charge in [0.15, 0.2) is 0 Å². The van der Waals surface area contributed by atoms with Crippen molar-refractivity contribution in [2.75, 3.05) is 13.1 Å². The molecule has 0 aromatic heterocycles. The maximum Gasteiger partial charge on any atom is 0.123 e. The maximum absolute atomic E-state index is 12.8. The lowest BCUT2D eigenvalue weighted by atomic mass is 9.95. The van der Waals surface area contributed by atoms with Crippen molar-refractivity contribution >= 4 is 0 Å². The van der Waals surface area contributed by atoms with Crippen LogP contribution in [0, 0.1) is 17.7 Å². The van der Waals surface area contributed by atoms with Gasteiger partial charge in [-0.05, 0) is 49.5 Å². The van der Waals surface area contributed by atoms with Crippen molar-refractivity contribution in [1.29, 1.82) is 0 Å². The number of nitrogens with one attached hydrogen (secondary N) is 1. The molecule has 1 unspecified atom stereocenters. The van der Waals surface area contributed by atoms with Gasteiger partial charge in [-0.2, -0.15) is 0 Å². The van der Waals surface area contributed by atoms with E-state index in [0.717, 1.165) is 12.1 Å². The molecule has 0 bridgehead atoms. The normalized spacial score (nSPS) is 14.9. The van der Waals surface area contributed by atoms with Crippen LogP contribution >= 0.6 is 0 Å². The monoisotopic (exact) mass is 238 g/mol. The summed E-state index contributed by atoms with van der Waals surface area (Å²) in [7, 11) is 0. The molecule has 3 heteroatoms. The van der Waals surface area contributed by atoms with E-state index in [-0.39, 0.29) is 11.9 Å². The fourth-order valence-corrected chi connectivity index (χ4v) is 1.79. The van der Waals surface area contributed by atoms with E-state index in [0.29, 0.717) is 18.4 Å². The Kier molecular flexibility index (Phi) is 5.59. The predicted octanol–water partition coefficient (Wildman–Crippen LogP) is 2.71. The van der Waals surface area contributed by atoms with Crippen molar-refractivity contribution in [3.8, 4) is 0 Å². The van der Waals surface area contributed by atoms with Gasteiger partial charge in [-0.15, -0.1) is 0 Å². The van der Waals surface area contributed by atoms with Gasteiger partial charge in [0.2, 0.25) is 0 Å². The van der Waals surface area contributed by atoms with Crippen molar-refractivity contribution in [3.05, 3.63) is 35.6 Å². The molecule has 3 N–H and O–H groups in total. The molecule has 17 heavy (non-hydrogen) atoms. The SMILES string of the molecule is CC(C)C(CN)CN[C@@H](C)c1ccc(F)cc1. The zero-order chi connectivity index (χ0) is 12.8. The van der Waals surface area contributed by atoms with E-state index in [1.165, 1.54) is 12.1 Å². The van der Waals surface area contributed by atoms with E-state index in [9.17, 15) is 4.39 Å². The molecule has 1 aromatic rings. The Morgan fingerprint density at radius 3 is 2.24 bits per heavy atom. The third-order valence-corrected chi connectivity index (χ3v) is 3.30. The summed E-state index contributed by atoms with van der Waals surface area (Å²) in [5, 5.41) is 3.45. The topological polar surface area (TPSA) is 38.0 Å². The minimum Gasteiger partial charge on any atom is -0.330 e. The third kappa shape index (κ3) is 4.44. The highest BCUT2D eigenvalue weighted by molar-refractivity contribution is 5.19. The Labute approximate surface area is 103 Å². The van der Waals surface area contributed by atoms with Crippen LogP contribution < -0.4 is 11.1 Å². The Bertz CT molecular complexity index is 321. The molecular formula is C14H23FN2. The molecule has 96 valence electrons. The van der Waals surface area contributed by atoms with Gasteiger partial charge in [-0.3, -0.25) is 0 Å². The largest absolute Gasteiger partial charge is 0.330 e. The lowest BCUT2D eigenvalue weighted by molar-refractivity contribution is 0.356. The van der Waals surface area contributed by atoms with Crippen molar-refractivity contribution in [1.82, 2.24) is 5.32 Å². The highest BCUT2D eigenvalue weighted by Gasteiger charge is 2.13. The molecule has 0 radical (unpaired) electrons. The molecule has 0 spiro atoms. The second kappa shape index (κ2) is 6.72. The predicted molar refractivity (Wildman–Crippen MR) is 70.2 cm³/mol. The summed E-state index contributed by atoms with van der Waals surface area (Å²) in [6.07, 6.45) is 0. The zero-order valence-electron chi connectivity index (χ0n) is 10.9. The first-order valence-corrected chi connectivity index (χ1v) is 6.23. The first-order valence-electron chi connectivity index (χ1n) is 6.23.